The Hall–Kier alpha value is -1.73. The predicted molar refractivity (Wildman–Crippen MR) is 77.8 cm³/mol. The highest BCUT2D eigenvalue weighted by Crippen LogP contribution is 2.25. The van der Waals surface area contributed by atoms with Crippen LogP contribution in [0.2, 0.25) is 0 Å². The summed E-state index contributed by atoms with van der Waals surface area (Å²) in [5, 5.41) is 13.9. The van der Waals surface area contributed by atoms with E-state index in [4.69, 9.17) is 0 Å². The van der Waals surface area contributed by atoms with Crippen LogP contribution in [0.1, 0.15) is 28.4 Å². The number of fused-ring (bicyclic) bond motifs is 1. The molecule has 0 unspecified atom stereocenters. The standard InChI is InChI=1S/C13H17N5OS/c1-8-6-9(18-17-8)2-3-12(19)16-13-15-10-4-5-14-7-11(10)20-13/h6,14H,2-5,7H2,1H3,(H,17,18)(H,15,16,19). The minimum atomic E-state index is -0.00953. The van der Waals surface area contributed by atoms with Crippen LogP contribution < -0.4 is 10.6 Å². The molecule has 2 aromatic heterocycles. The lowest BCUT2D eigenvalue weighted by Gasteiger charge is -2.09. The van der Waals surface area contributed by atoms with Crippen LogP contribution in [0.15, 0.2) is 6.07 Å². The Morgan fingerprint density at radius 3 is 3.20 bits per heavy atom. The number of nitrogens with zero attached hydrogens (tertiary/aromatic N) is 2. The number of rotatable bonds is 4. The number of carbonyl (C=O) groups is 1. The van der Waals surface area contributed by atoms with Gasteiger partial charge in [0.25, 0.3) is 0 Å². The molecule has 1 aliphatic heterocycles. The molecule has 0 spiro atoms. The molecule has 1 amide bonds. The van der Waals surface area contributed by atoms with Crippen molar-refractivity contribution < 1.29 is 4.79 Å². The van der Waals surface area contributed by atoms with E-state index in [2.05, 4.69) is 25.8 Å². The van der Waals surface area contributed by atoms with Gasteiger partial charge < -0.3 is 10.6 Å². The zero-order chi connectivity index (χ0) is 13.9. The number of H-pyrrole nitrogens is 1. The summed E-state index contributed by atoms with van der Waals surface area (Å²) >= 11 is 1.56. The second-order valence-corrected chi connectivity index (χ2v) is 5.99. The molecule has 6 nitrogen and oxygen atoms in total. The van der Waals surface area contributed by atoms with E-state index in [1.54, 1.807) is 11.3 Å². The minimum absolute atomic E-state index is 0.00953. The van der Waals surface area contributed by atoms with Crippen molar-refractivity contribution in [3.8, 4) is 0 Å². The van der Waals surface area contributed by atoms with Gasteiger partial charge in [0.15, 0.2) is 5.13 Å². The maximum atomic E-state index is 11.9. The molecule has 3 rings (SSSR count). The largest absolute Gasteiger partial charge is 0.311 e. The first kappa shape index (κ1) is 13.3. The lowest BCUT2D eigenvalue weighted by molar-refractivity contribution is -0.116. The molecule has 0 saturated carbocycles. The van der Waals surface area contributed by atoms with Gasteiger partial charge in [0.1, 0.15) is 0 Å². The average molecular weight is 291 g/mol. The number of carbonyl (C=O) groups excluding carboxylic acids is 1. The van der Waals surface area contributed by atoms with Gasteiger partial charge in [-0.2, -0.15) is 5.10 Å². The molecule has 3 heterocycles. The quantitative estimate of drug-likeness (QED) is 0.795. The maximum absolute atomic E-state index is 11.9. The molecule has 2 aromatic rings. The molecule has 20 heavy (non-hydrogen) atoms. The van der Waals surface area contributed by atoms with Crippen LogP contribution in [0.4, 0.5) is 5.13 Å². The van der Waals surface area contributed by atoms with E-state index in [9.17, 15) is 4.79 Å². The molecular weight excluding hydrogens is 274 g/mol. The van der Waals surface area contributed by atoms with Crippen molar-refractivity contribution >= 4 is 22.4 Å². The minimum Gasteiger partial charge on any atom is -0.311 e. The number of nitrogens with one attached hydrogen (secondary N) is 3. The van der Waals surface area contributed by atoms with Crippen molar-refractivity contribution in [2.24, 2.45) is 0 Å². The van der Waals surface area contributed by atoms with Gasteiger partial charge in [-0.1, -0.05) is 0 Å². The van der Waals surface area contributed by atoms with E-state index < -0.39 is 0 Å². The SMILES string of the molecule is Cc1cc(CCC(=O)Nc2nc3c(s2)CNCC3)n[nH]1. The molecule has 0 bridgehead atoms. The Kier molecular flexibility index (Phi) is 3.79. The number of anilines is 1. The molecule has 0 aromatic carbocycles. The second-order valence-electron chi connectivity index (χ2n) is 4.91. The van der Waals surface area contributed by atoms with Crippen molar-refractivity contribution in [3.63, 3.8) is 0 Å². The van der Waals surface area contributed by atoms with Crippen LogP contribution in [0.25, 0.3) is 0 Å². The Morgan fingerprint density at radius 2 is 2.45 bits per heavy atom. The second kappa shape index (κ2) is 5.72. The van der Waals surface area contributed by atoms with Gasteiger partial charge in [-0.15, -0.1) is 11.3 Å². The van der Waals surface area contributed by atoms with Gasteiger partial charge >= 0.3 is 0 Å². The fraction of sp³-hybridized carbons (Fsp3) is 0.462. The summed E-state index contributed by atoms with van der Waals surface area (Å²) in [4.78, 5) is 17.6. The van der Waals surface area contributed by atoms with Crippen molar-refractivity contribution in [1.82, 2.24) is 20.5 Å². The van der Waals surface area contributed by atoms with Crippen molar-refractivity contribution in [1.29, 1.82) is 0 Å². The average Bonchev–Trinajstić information content (AvgIpc) is 3.01. The van der Waals surface area contributed by atoms with E-state index in [1.165, 1.54) is 4.88 Å². The summed E-state index contributed by atoms with van der Waals surface area (Å²) in [5.74, 6) is -0.00953. The van der Waals surface area contributed by atoms with E-state index >= 15 is 0 Å². The zero-order valence-corrected chi connectivity index (χ0v) is 12.1. The molecule has 0 radical (unpaired) electrons. The fourth-order valence-corrected chi connectivity index (χ4v) is 3.20. The lowest BCUT2D eigenvalue weighted by atomic mass is 10.2. The number of hydrogen-bond acceptors (Lipinski definition) is 5. The third kappa shape index (κ3) is 3.05. The summed E-state index contributed by atoms with van der Waals surface area (Å²) < 4.78 is 0. The lowest BCUT2D eigenvalue weighted by Crippen LogP contribution is -2.22. The van der Waals surface area contributed by atoms with Crippen LogP contribution in [0, 0.1) is 6.92 Å². The Balaban J connectivity index is 1.54. The maximum Gasteiger partial charge on any atom is 0.226 e. The monoisotopic (exact) mass is 291 g/mol. The molecule has 106 valence electrons. The van der Waals surface area contributed by atoms with Crippen LogP contribution in [-0.4, -0.2) is 27.6 Å². The van der Waals surface area contributed by atoms with Crippen LogP contribution in [-0.2, 0) is 24.2 Å². The highest BCUT2D eigenvalue weighted by molar-refractivity contribution is 7.15. The first-order valence-corrected chi connectivity index (χ1v) is 7.52. The third-order valence-corrected chi connectivity index (χ3v) is 4.23. The van der Waals surface area contributed by atoms with Crippen molar-refractivity contribution in [3.05, 3.63) is 28.0 Å². The first-order valence-electron chi connectivity index (χ1n) is 6.71. The van der Waals surface area contributed by atoms with Gasteiger partial charge in [-0.3, -0.25) is 9.89 Å². The molecule has 0 fully saturated rings. The van der Waals surface area contributed by atoms with Gasteiger partial charge in [0, 0.05) is 42.9 Å². The number of aromatic nitrogens is 3. The smallest absolute Gasteiger partial charge is 0.226 e. The Morgan fingerprint density at radius 1 is 1.55 bits per heavy atom. The molecule has 3 N–H and O–H groups in total. The number of aromatic amines is 1. The summed E-state index contributed by atoms with van der Waals surface area (Å²) in [6, 6.07) is 1.96. The summed E-state index contributed by atoms with van der Waals surface area (Å²) in [7, 11) is 0. The molecule has 1 aliphatic rings. The number of hydrogen-bond donors (Lipinski definition) is 3. The van der Waals surface area contributed by atoms with E-state index in [-0.39, 0.29) is 5.91 Å². The molecule has 0 aliphatic carbocycles. The Labute approximate surface area is 121 Å². The molecule has 0 saturated heterocycles. The highest BCUT2D eigenvalue weighted by Gasteiger charge is 2.16. The van der Waals surface area contributed by atoms with Gasteiger partial charge in [0.05, 0.1) is 11.4 Å². The summed E-state index contributed by atoms with van der Waals surface area (Å²) in [6.45, 7) is 3.77. The van der Waals surface area contributed by atoms with Gasteiger partial charge in [-0.05, 0) is 13.0 Å². The van der Waals surface area contributed by atoms with Crippen molar-refractivity contribution in [2.45, 2.75) is 32.7 Å². The van der Waals surface area contributed by atoms with Gasteiger partial charge in [-0.25, -0.2) is 4.98 Å². The molecular formula is C13H17N5OS. The molecule has 0 atom stereocenters. The summed E-state index contributed by atoms with van der Waals surface area (Å²) in [5.41, 5.74) is 3.05. The molecule has 7 heteroatoms. The van der Waals surface area contributed by atoms with E-state index in [0.717, 1.165) is 36.6 Å². The number of amides is 1. The normalized spacial score (nSPS) is 14.1. The fourth-order valence-electron chi connectivity index (χ4n) is 2.20. The Bertz CT molecular complexity index is 595. The van der Waals surface area contributed by atoms with E-state index in [0.29, 0.717) is 18.0 Å². The van der Waals surface area contributed by atoms with Crippen LogP contribution in [0.3, 0.4) is 0 Å². The third-order valence-electron chi connectivity index (χ3n) is 3.22. The first-order chi connectivity index (χ1) is 9.70. The zero-order valence-electron chi connectivity index (χ0n) is 11.3. The number of aryl methyl sites for hydroxylation is 2. The van der Waals surface area contributed by atoms with Crippen LogP contribution in [0.5, 0.6) is 0 Å². The van der Waals surface area contributed by atoms with Crippen molar-refractivity contribution in [2.75, 3.05) is 11.9 Å². The van der Waals surface area contributed by atoms with Crippen LogP contribution >= 0.6 is 11.3 Å². The number of thiazole rings is 1. The summed E-state index contributed by atoms with van der Waals surface area (Å²) in [6.07, 6.45) is 2.00. The predicted octanol–water partition coefficient (Wildman–Crippen LogP) is 1.39. The van der Waals surface area contributed by atoms with Gasteiger partial charge in [0.2, 0.25) is 5.91 Å². The topological polar surface area (TPSA) is 82.7 Å². The highest BCUT2D eigenvalue weighted by atomic mass is 32.1. The van der Waals surface area contributed by atoms with E-state index in [1.807, 2.05) is 13.0 Å².